The molecule has 1 aromatic rings. The summed E-state index contributed by atoms with van der Waals surface area (Å²) in [6.45, 7) is 8.93. The molecule has 1 aromatic heterocycles. The molecule has 0 bridgehead atoms. The number of hydrogen-bond donors (Lipinski definition) is 1. The molecule has 1 aliphatic heterocycles. The Balaban J connectivity index is 1.92. The van der Waals surface area contributed by atoms with Crippen molar-refractivity contribution in [3.8, 4) is 0 Å². The van der Waals surface area contributed by atoms with Gasteiger partial charge in [0.2, 0.25) is 5.91 Å². The molecule has 0 unspecified atom stereocenters. The third-order valence-corrected chi connectivity index (χ3v) is 3.60. The second-order valence-corrected chi connectivity index (χ2v) is 5.43. The molecular weight excluding hydrogens is 282 g/mol. The van der Waals surface area contributed by atoms with Crippen LogP contribution < -0.4 is 10.2 Å². The predicted molar refractivity (Wildman–Crippen MR) is 84.8 cm³/mol. The lowest BCUT2D eigenvalue weighted by Gasteiger charge is -2.35. The maximum absolute atomic E-state index is 11.6. The molecule has 0 radical (unpaired) electrons. The van der Waals surface area contributed by atoms with Gasteiger partial charge in [-0.2, -0.15) is 0 Å². The van der Waals surface area contributed by atoms with Crippen LogP contribution in [0.2, 0.25) is 0 Å². The van der Waals surface area contributed by atoms with Crippen molar-refractivity contribution < 1.29 is 9.53 Å². The van der Waals surface area contributed by atoms with Gasteiger partial charge in [0, 0.05) is 51.6 Å². The third kappa shape index (κ3) is 4.64. The molecule has 1 saturated heterocycles. The van der Waals surface area contributed by atoms with E-state index in [9.17, 15) is 4.79 Å². The van der Waals surface area contributed by atoms with Crippen molar-refractivity contribution in [3.05, 3.63) is 17.6 Å². The van der Waals surface area contributed by atoms with Gasteiger partial charge in [-0.1, -0.05) is 0 Å². The van der Waals surface area contributed by atoms with Crippen molar-refractivity contribution in [2.24, 2.45) is 0 Å². The number of anilines is 1. The molecule has 1 N–H and O–H groups in total. The number of methoxy groups -OCH3 is 1. The molecule has 122 valence electrons. The van der Waals surface area contributed by atoms with Crippen LogP contribution in [0.1, 0.15) is 18.4 Å². The van der Waals surface area contributed by atoms with Crippen molar-refractivity contribution in [2.75, 3.05) is 51.3 Å². The van der Waals surface area contributed by atoms with Crippen LogP contribution in [0.25, 0.3) is 0 Å². The summed E-state index contributed by atoms with van der Waals surface area (Å²) in [4.78, 5) is 25.0. The number of nitrogens with zero attached hydrogens (tertiary/aromatic N) is 4. The number of carbonyl (C=O) groups excluding carboxylic acids is 1. The SMILES string of the molecule is CCNC(=O)CN1CCN(c2cc(C)nc(COC)n2)CC1. The average Bonchev–Trinajstić information content (AvgIpc) is 2.48. The lowest BCUT2D eigenvalue weighted by atomic mass is 10.3. The van der Waals surface area contributed by atoms with Crippen LogP contribution in [0, 0.1) is 6.92 Å². The maximum atomic E-state index is 11.6. The van der Waals surface area contributed by atoms with Gasteiger partial charge in [-0.25, -0.2) is 9.97 Å². The zero-order chi connectivity index (χ0) is 15.9. The van der Waals surface area contributed by atoms with Gasteiger partial charge in [0.05, 0.1) is 6.54 Å². The van der Waals surface area contributed by atoms with Crippen LogP contribution in [0.5, 0.6) is 0 Å². The number of aryl methyl sites for hydroxylation is 1. The minimum absolute atomic E-state index is 0.0937. The van der Waals surface area contributed by atoms with Crippen LogP contribution in [-0.2, 0) is 16.1 Å². The summed E-state index contributed by atoms with van der Waals surface area (Å²) in [6.07, 6.45) is 0. The maximum Gasteiger partial charge on any atom is 0.234 e. The van der Waals surface area contributed by atoms with Crippen LogP contribution in [0.4, 0.5) is 5.82 Å². The summed E-state index contributed by atoms with van der Waals surface area (Å²) in [5, 5.41) is 2.84. The molecule has 2 heterocycles. The summed E-state index contributed by atoms with van der Waals surface area (Å²) in [5.74, 6) is 1.75. The van der Waals surface area contributed by atoms with Crippen LogP contribution in [0.15, 0.2) is 6.07 Å². The van der Waals surface area contributed by atoms with Gasteiger partial charge >= 0.3 is 0 Å². The van der Waals surface area contributed by atoms with E-state index in [-0.39, 0.29) is 5.91 Å². The van der Waals surface area contributed by atoms with Crippen molar-refractivity contribution in [3.63, 3.8) is 0 Å². The first-order chi connectivity index (χ1) is 10.6. The second kappa shape index (κ2) is 8.05. The second-order valence-electron chi connectivity index (χ2n) is 5.43. The van der Waals surface area contributed by atoms with E-state index < -0.39 is 0 Å². The zero-order valence-corrected chi connectivity index (χ0v) is 13.6. The Morgan fingerprint density at radius 1 is 1.32 bits per heavy atom. The molecule has 0 aromatic carbocycles. The van der Waals surface area contributed by atoms with Crippen molar-refractivity contribution in [1.29, 1.82) is 0 Å². The molecule has 1 fully saturated rings. The number of aromatic nitrogens is 2. The van der Waals surface area contributed by atoms with Gasteiger partial charge in [-0.15, -0.1) is 0 Å². The van der Waals surface area contributed by atoms with Gasteiger partial charge in [-0.3, -0.25) is 9.69 Å². The molecule has 0 saturated carbocycles. The smallest absolute Gasteiger partial charge is 0.234 e. The van der Waals surface area contributed by atoms with Crippen LogP contribution in [0.3, 0.4) is 0 Å². The molecular formula is C15H25N5O2. The highest BCUT2D eigenvalue weighted by molar-refractivity contribution is 5.77. The van der Waals surface area contributed by atoms with Gasteiger partial charge in [0.15, 0.2) is 5.82 Å². The average molecular weight is 307 g/mol. The van der Waals surface area contributed by atoms with Crippen LogP contribution >= 0.6 is 0 Å². The standard InChI is InChI=1S/C15H25N5O2/c1-4-16-15(21)10-19-5-7-20(8-6-19)14-9-12(2)17-13(18-14)11-22-3/h9H,4-8,10-11H2,1-3H3,(H,16,21). The highest BCUT2D eigenvalue weighted by Crippen LogP contribution is 2.15. The Bertz CT molecular complexity index is 501. The normalized spacial score (nSPS) is 15.9. The molecule has 7 heteroatoms. The number of carbonyl (C=O) groups is 1. The van der Waals surface area contributed by atoms with Gasteiger partial charge in [0.25, 0.3) is 0 Å². The monoisotopic (exact) mass is 307 g/mol. The third-order valence-electron chi connectivity index (χ3n) is 3.60. The van der Waals surface area contributed by atoms with E-state index >= 15 is 0 Å². The first kappa shape index (κ1) is 16.6. The summed E-state index contributed by atoms with van der Waals surface area (Å²) in [5.41, 5.74) is 0.946. The molecule has 0 aliphatic carbocycles. The lowest BCUT2D eigenvalue weighted by Crippen LogP contribution is -2.49. The Morgan fingerprint density at radius 2 is 2.05 bits per heavy atom. The van der Waals surface area contributed by atoms with Crippen LogP contribution in [-0.4, -0.2) is 67.2 Å². The number of likely N-dealkylation sites (N-methyl/N-ethyl adjacent to an activating group) is 1. The summed E-state index contributed by atoms with van der Waals surface area (Å²) < 4.78 is 5.11. The highest BCUT2D eigenvalue weighted by atomic mass is 16.5. The first-order valence-corrected chi connectivity index (χ1v) is 7.70. The quantitative estimate of drug-likeness (QED) is 0.809. The number of hydrogen-bond acceptors (Lipinski definition) is 6. The molecule has 22 heavy (non-hydrogen) atoms. The Kier molecular flexibility index (Phi) is 6.09. The molecule has 2 rings (SSSR count). The van der Waals surface area contributed by atoms with Crippen molar-refractivity contribution in [2.45, 2.75) is 20.5 Å². The Morgan fingerprint density at radius 3 is 2.68 bits per heavy atom. The van der Waals surface area contributed by atoms with E-state index in [1.807, 2.05) is 19.9 Å². The van der Waals surface area contributed by atoms with E-state index in [0.717, 1.165) is 37.7 Å². The topological polar surface area (TPSA) is 70.6 Å². The number of ether oxygens (including phenoxy) is 1. The minimum atomic E-state index is 0.0937. The van der Waals surface area contributed by atoms with E-state index in [1.54, 1.807) is 7.11 Å². The lowest BCUT2D eigenvalue weighted by molar-refractivity contribution is -0.122. The van der Waals surface area contributed by atoms with E-state index in [1.165, 1.54) is 0 Å². The van der Waals surface area contributed by atoms with E-state index in [2.05, 4.69) is 25.1 Å². The van der Waals surface area contributed by atoms with Gasteiger partial charge in [0.1, 0.15) is 12.4 Å². The zero-order valence-electron chi connectivity index (χ0n) is 13.6. The van der Waals surface area contributed by atoms with E-state index in [0.29, 0.717) is 25.5 Å². The van der Waals surface area contributed by atoms with Gasteiger partial charge in [-0.05, 0) is 13.8 Å². The Labute approximate surface area is 131 Å². The summed E-state index contributed by atoms with van der Waals surface area (Å²) in [7, 11) is 1.64. The fourth-order valence-electron chi connectivity index (χ4n) is 2.56. The largest absolute Gasteiger partial charge is 0.377 e. The molecule has 1 amide bonds. The van der Waals surface area contributed by atoms with Crippen molar-refractivity contribution >= 4 is 11.7 Å². The highest BCUT2D eigenvalue weighted by Gasteiger charge is 2.20. The first-order valence-electron chi connectivity index (χ1n) is 7.70. The summed E-state index contributed by atoms with van der Waals surface area (Å²) in [6, 6.07) is 2.00. The minimum Gasteiger partial charge on any atom is -0.377 e. The Hall–Kier alpha value is -1.73. The predicted octanol–water partition coefficient (Wildman–Crippen LogP) is 0.190. The number of nitrogens with one attached hydrogen (secondary N) is 1. The molecule has 7 nitrogen and oxygen atoms in total. The number of rotatable bonds is 6. The molecule has 0 spiro atoms. The molecule has 1 aliphatic rings. The molecule has 0 atom stereocenters. The fourth-order valence-corrected chi connectivity index (χ4v) is 2.56. The number of piperazine rings is 1. The number of amides is 1. The fraction of sp³-hybridized carbons (Fsp3) is 0.667. The van der Waals surface area contributed by atoms with Crippen molar-refractivity contribution in [1.82, 2.24) is 20.2 Å². The summed E-state index contributed by atoms with van der Waals surface area (Å²) >= 11 is 0. The van der Waals surface area contributed by atoms with E-state index in [4.69, 9.17) is 4.74 Å². The van der Waals surface area contributed by atoms with Gasteiger partial charge < -0.3 is 15.0 Å².